The maximum Gasteiger partial charge on any atom is 0.248 e. The average Bonchev–Trinajstić information content (AvgIpc) is 3.51. The predicted molar refractivity (Wildman–Crippen MR) is 156 cm³/mol. The fourth-order valence-electron chi connectivity index (χ4n) is 6.96. The molecule has 2 aromatic rings. The second kappa shape index (κ2) is 10.8. The van der Waals surface area contributed by atoms with Crippen LogP contribution in [0.1, 0.15) is 39.2 Å². The van der Waals surface area contributed by atoms with Crippen molar-refractivity contribution in [3.05, 3.63) is 59.1 Å². The molecule has 3 aliphatic rings. The standard InChI is InChI=1S/C30H36ClN3O4S/c1-5-16(2)21(15-35)34-26(28(37)33-25-17(3)10-9-13-20(25)31)30-18(4)14-22(39-30)23(24(30)29(34)38)27(36)32-19-11-7-6-8-12-19/h6-13,16,18,21-24,26,35H,5,14-15H2,1-4H3,(H,32,36)(H,33,37)/t16-,18?,21-,22-,23+,24-,26?,30?/m0/s1. The minimum absolute atomic E-state index is 0.0200. The molecule has 3 amide bonds. The Morgan fingerprint density at radius 3 is 2.51 bits per heavy atom. The number of aliphatic hydroxyl groups excluding tert-OH is 1. The monoisotopic (exact) mass is 569 g/mol. The number of carbonyl (C=O) groups excluding carboxylic acids is 3. The summed E-state index contributed by atoms with van der Waals surface area (Å²) in [5.74, 6) is -2.00. The lowest BCUT2D eigenvalue weighted by molar-refractivity contribution is -0.142. The highest BCUT2D eigenvalue weighted by molar-refractivity contribution is 8.02. The fourth-order valence-corrected chi connectivity index (χ4v) is 9.64. The third kappa shape index (κ3) is 4.45. The van der Waals surface area contributed by atoms with E-state index < -0.39 is 28.7 Å². The Balaban J connectivity index is 1.58. The Morgan fingerprint density at radius 1 is 1.15 bits per heavy atom. The van der Waals surface area contributed by atoms with E-state index in [1.807, 2.05) is 63.2 Å². The second-order valence-electron chi connectivity index (χ2n) is 11.2. The number of fused-ring (bicyclic) bond motifs is 1. The number of rotatable bonds is 8. The van der Waals surface area contributed by atoms with Crippen molar-refractivity contribution in [3.63, 3.8) is 0 Å². The summed E-state index contributed by atoms with van der Waals surface area (Å²) < 4.78 is -0.791. The van der Waals surface area contributed by atoms with Crippen molar-refractivity contribution >= 4 is 52.5 Å². The molecule has 9 heteroatoms. The lowest BCUT2D eigenvalue weighted by Crippen LogP contribution is -2.58. The van der Waals surface area contributed by atoms with Crippen molar-refractivity contribution in [3.8, 4) is 0 Å². The number of para-hydroxylation sites is 2. The van der Waals surface area contributed by atoms with Gasteiger partial charge in [0.2, 0.25) is 17.7 Å². The molecule has 39 heavy (non-hydrogen) atoms. The number of hydrogen-bond donors (Lipinski definition) is 3. The molecule has 0 aromatic heterocycles. The molecule has 3 aliphatic heterocycles. The van der Waals surface area contributed by atoms with Crippen LogP contribution in [0.3, 0.4) is 0 Å². The highest BCUT2D eigenvalue weighted by atomic mass is 35.5. The second-order valence-corrected chi connectivity index (χ2v) is 13.2. The molecule has 208 valence electrons. The predicted octanol–water partition coefficient (Wildman–Crippen LogP) is 4.97. The van der Waals surface area contributed by atoms with E-state index >= 15 is 0 Å². The summed E-state index contributed by atoms with van der Waals surface area (Å²) in [6.45, 7) is 7.69. The molecular formula is C30H36ClN3O4S. The average molecular weight is 570 g/mol. The molecule has 1 spiro atoms. The topological polar surface area (TPSA) is 98.7 Å². The first-order chi connectivity index (χ1) is 18.6. The molecule has 0 saturated carbocycles. The molecule has 0 aliphatic carbocycles. The minimum Gasteiger partial charge on any atom is -0.394 e. The molecule has 7 nitrogen and oxygen atoms in total. The van der Waals surface area contributed by atoms with Gasteiger partial charge in [0.15, 0.2) is 0 Å². The van der Waals surface area contributed by atoms with Gasteiger partial charge in [0, 0.05) is 10.9 Å². The van der Waals surface area contributed by atoms with Crippen molar-refractivity contribution in [2.75, 3.05) is 17.2 Å². The number of benzene rings is 2. The summed E-state index contributed by atoms with van der Waals surface area (Å²) in [6.07, 6.45) is 1.46. The van der Waals surface area contributed by atoms with Crippen LogP contribution in [0.4, 0.5) is 11.4 Å². The highest BCUT2D eigenvalue weighted by Gasteiger charge is 2.76. The molecular weight excluding hydrogens is 534 g/mol. The van der Waals surface area contributed by atoms with Crippen LogP contribution in [0, 0.1) is 30.6 Å². The van der Waals surface area contributed by atoms with E-state index in [1.165, 1.54) is 0 Å². The maximum atomic E-state index is 14.4. The summed E-state index contributed by atoms with van der Waals surface area (Å²) in [6, 6.07) is 13.3. The smallest absolute Gasteiger partial charge is 0.248 e. The molecule has 2 bridgehead atoms. The lowest BCUT2D eigenvalue weighted by atomic mass is 9.65. The Bertz CT molecular complexity index is 1260. The van der Waals surface area contributed by atoms with Gasteiger partial charge in [0.25, 0.3) is 0 Å². The number of likely N-dealkylation sites (tertiary alicyclic amines) is 1. The molecule has 3 unspecified atom stereocenters. The summed E-state index contributed by atoms with van der Waals surface area (Å²) in [5, 5.41) is 16.9. The summed E-state index contributed by atoms with van der Waals surface area (Å²) in [4.78, 5) is 44.1. The molecule has 3 N–H and O–H groups in total. The van der Waals surface area contributed by atoms with Crippen molar-refractivity contribution in [1.29, 1.82) is 0 Å². The first-order valence-corrected chi connectivity index (χ1v) is 14.9. The number of halogens is 1. The van der Waals surface area contributed by atoms with E-state index in [4.69, 9.17) is 11.6 Å². The van der Waals surface area contributed by atoms with Gasteiger partial charge in [0.1, 0.15) is 6.04 Å². The number of nitrogens with one attached hydrogen (secondary N) is 2. The number of carbonyl (C=O) groups is 3. The van der Waals surface area contributed by atoms with Crippen LogP contribution in [0.25, 0.3) is 0 Å². The molecule has 5 rings (SSSR count). The van der Waals surface area contributed by atoms with E-state index in [2.05, 4.69) is 17.6 Å². The first kappa shape index (κ1) is 28.0. The van der Waals surface area contributed by atoms with E-state index in [0.29, 0.717) is 16.4 Å². The fraction of sp³-hybridized carbons (Fsp3) is 0.500. The maximum absolute atomic E-state index is 14.4. The van der Waals surface area contributed by atoms with Crippen molar-refractivity contribution in [2.45, 2.75) is 62.6 Å². The van der Waals surface area contributed by atoms with Gasteiger partial charge in [-0.2, -0.15) is 0 Å². The van der Waals surface area contributed by atoms with Gasteiger partial charge in [0.05, 0.1) is 39.9 Å². The van der Waals surface area contributed by atoms with Gasteiger partial charge >= 0.3 is 0 Å². The molecule has 0 radical (unpaired) electrons. The van der Waals surface area contributed by atoms with E-state index in [-0.39, 0.29) is 41.4 Å². The molecule has 3 saturated heterocycles. The highest BCUT2D eigenvalue weighted by Crippen LogP contribution is 2.69. The number of nitrogens with zero attached hydrogens (tertiary/aromatic N) is 1. The van der Waals surface area contributed by atoms with Crippen LogP contribution < -0.4 is 10.6 Å². The van der Waals surface area contributed by atoms with Crippen LogP contribution in [0.15, 0.2) is 48.5 Å². The number of aliphatic hydroxyl groups is 1. The summed E-state index contributed by atoms with van der Waals surface area (Å²) in [5.41, 5.74) is 2.01. The van der Waals surface area contributed by atoms with Crippen molar-refractivity contribution < 1.29 is 19.5 Å². The van der Waals surface area contributed by atoms with Crippen LogP contribution in [-0.2, 0) is 14.4 Å². The third-order valence-corrected chi connectivity index (χ3v) is 11.5. The zero-order chi connectivity index (χ0) is 28.1. The van der Waals surface area contributed by atoms with Gasteiger partial charge in [-0.1, -0.05) is 69.1 Å². The summed E-state index contributed by atoms with van der Waals surface area (Å²) >= 11 is 8.09. The van der Waals surface area contributed by atoms with Gasteiger partial charge in [-0.05, 0) is 48.9 Å². The first-order valence-electron chi connectivity index (χ1n) is 13.7. The van der Waals surface area contributed by atoms with Gasteiger partial charge in [-0.15, -0.1) is 11.8 Å². The number of hydrogen-bond acceptors (Lipinski definition) is 5. The van der Waals surface area contributed by atoms with Crippen LogP contribution in [0.5, 0.6) is 0 Å². The van der Waals surface area contributed by atoms with Gasteiger partial charge in [-0.3, -0.25) is 14.4 Å². The Labute approximate surface area is 239 Å². The zero-order valence-corrected chi connectivity index (χ0v) is 24.3. The van der Waals surface area contributed by atoms with E-state index in [1.54, 1.807) is 22.7 Å². The van der Waals surface area contributed by atoms with E-state index in [0.717, 1.165) is 18.4 Å². The SMILES string of the molecule is CC[C@H](C)[C@H](CO)N1C(=O)[C@@H]2[C@H](C(=O)Nc3ccccc3)[C@@H]3CC(C)C2(S3)C1C(=O)Nc1c(C)cccc1Cl. The van der Waals surface area contributed by atoms with Crippen molar-refractivity contribution in [1.82, 2.24) is 4.90 Å². The molecule has 3 heterocycles. The Morgan fingerprint density at radius 2 is 1.87 bits per heavy atom. The van der Waals surface area contributed by atoms with Gasteiger partial charge < -0.3 is 20.6 Å². The third-order valence-electron chi connectivity index (χ3n) is 9.09. The molecule has 2 aromatic carbocycles. The van der Waals surface area contributed by atoms with Crippen LogP contribution >= 0.6 is 23.4 Å². The minimum atomic E-state index is -0.851. The zero-order valence-electron chi connectivity index (χ0n) is 22.7. The number of anilines is 2. The molecule has 3 fully saturated rings. The molecule has 8 atom stereocenters. The number of aryl methyl sites for hydroxylation is 1. The quantitative estimate of drug-likeness (QED) is 0.417. The largest absolute Gasteiger partial charge is 0.394 e. The van der Waals surface area contributed by atoms with Crippen LogP contribution in [0.2, 0.25) is 5.02 Å². The summed E-state index contributed by atoms with van der Waals surface area (Å²) in [7, 11) is 0. The van der Waals surface area contributed by atoms with Gasteiger partial charge in [-0.25, -0.2) is 0 Å². The number of amides is 3. The van der Waals surface area contributed by atoms with Crippen LogP contribution in [-0.4, -0.2) is 56.4 Å². The van der Waals surface area contributed by atoms with E-state index in [9.17, 15) is 19.5 Å². The van der Waals surface area contributed by atoms with Crippen molar-refractivity contribution in [2.24, 2.45) is 23.7 Å². The Kier molecular flexibility index (Phi) is 7.74. The lowest BCUT2D eigenvalue weighted by Gasteiger charge is -2.41. The number of thioether (sulfide) groups is 1. The normalized spacial score (nSPS) is 30.7. The Hall–Kier alpha value is -2.55.